The number of aryl methyl sites for hydroxylation is 3. The second-order valence-corrected chi connectivity index (χ2v) is 5.27. The Morgan fingerprint density at radius 3 is 2.82 bits per heavy atom. The van der Waals surface area contributed by atoms with Gasteiger partial charge in [0.25, 0.3) is 0 Å². The molecular formula is C12H15N3OS. The van der Waals surface area contributed by atoms with Crippen molar-refractivity contribution in [1.29, 1.82) is 0 Å². The van der Waals surface area contributed by atoms with E-state index in [1.165, 1.54) is 11.3 Å². The lowest BCUT2D eigenvalue weighted by Gasteiger charge is -1.99. The van der Waals surface area contributed by atoms with Crippen LogP contribution in [0.5, 0.6) is 0 Å². The molecule has 0 aromatic carbocycles. The standard InChI is InChI=1S/C12H15N3OS/c1-8-9(2)17-12(13-8)14-11(16)6-10-4-5-15(3)7-10/h4-5,7H,6H2,1-3H3,(H,13,14,16). The molecule has 0 bridgehead atoms. The largest absolute Gasteiger partial charge is 0.357 e. The lowest BCUT2D eigenvalue weighted by atomic mass is 10.2. The maximum absolute atomic E-state index is 11.8. The van der Waals surface area contributed by atoms with Gasteiger partial charge in [-0.25, -0.2) is 4.98 Å². The summed E-state index contributed by atoms with van der Waals surface area (Å²) < 4.78 is 1.93. The van der Waals surface area contributed by atoms with E-state index in [1.54, 1.807) is 0 Å². The van der Waals surface area contributed by atoms with Crippen molar-refractivity contribution in [3.05, 3.63) is 34.6 Å². The number of carbonyl (C=O) groups is 1. The second-order valence-electron chi connectivity index (χ2n) is 4.07. The number of amides is 1. The van der Waals surface area contributed by atoms with Gasteiger partial charge in [-0.2, -0.15) is 0 Å². The van der Waals surface area contributed by atoms with Crippen molar-refractivity contribution in [2.24, 2.45) is 7.05 Å². The number of hydrogen-bond donors (Lipinski definition) is 1. The topological polar surface area (TPSA) is 46.9 Å². The van der Waals surface area contributed by atoms with Crippen LogP contribution in [0.4, 0.5) is 5.13 Å². The molecule has 90 valence electrons. The van der Waals surface area contributed by atoms with Gasteiger partial charge in [0.2, 0.25) is 5.91 Å². The first-order valence-corrected chi connectivity index (χ1v) is 6.21. The van der Waals surface area contributed by atoms with Gasteiger partial charge in [0.1, 0.15) is 0 Å². The van der Waals surface area contributed by atoms with E-state index >= 15 is 0 Å². The van der Waals surface area contributed by atoms with Gasteiger partial charge in [-0.3, -0.25) is 4.79 Å². The van der Waals surface area contributed by atoms with Gasteiger partial charge in [0, 0.05) is 24.3 Å². The van der Waals surface area contributed by atoms with Gasteiger partial charge >= 0.3 is 0 Å². The van der Waals surface area contributed by atoms with Crippen LogP contribution in [0.25, 0.3) is 0 Å². The molecule has 1 N–H and O–H groups in total. The molecule has 0 spiro atoms. The van der Waals surface area contributed by atoms with E-state index in [-0.39, 0.29) is 5.91 Å². The lowest BCUT2D eigenvalue weighted by Crippen LogP contribution is -2.13. The van der Waals surface area contributed by atoms with Crippen molar-refractivity contribution in [3.63, 3.8) is 0 Å². The zero-order valence-corrected chi connectivity index (χ0v) is 11.0. The Balaban J connectivity index is 1.97. The van der Waals surface area contributed by atoms with Gasteiger partial charge in [0.15, 0.2) is 5.13 Å². The average Bonchev–Trinajstić information content (AvgIpc) is 2.75. The predicted molar refractivity (Wildman–Crippen MR) is 69.3 cm³/mol. The zero-order valence-electron chi connectivity index (χ0n) is 10.2. The molecule has 0 aliphatic heterocycles. The first-order valence-electron chi connectivity index (χ1n) is 5.39. The molecule has 0 atom stereocenters. The third kappa shape index (κ3) is 2.94. The van der Waals surface area contributed by atoms with Crippen molar-refractivity contribution in [2.45, 2.75) is 20.3 Å². The van der Waals surface area contributed by atoms with Crippen LogP contribution in [-0.2, 0) is 18.3 Å². The molecule has 4 nitrogen and oxygen atoms in total. The summed E-state index contributed by atoms with van der Waals surface area (Å²) in [5.74, 6) is -0.0232. The molecule has 17 heavy (non-hydrogen) atoms. The number of nitrogens with one attached hydrogen (secondary N) is 1. The molecule has 5 heteroatoms. The zero-order chi connectivity index (χ0) is 12.4. The summed E-state index contributed by atoms with van der Waals surface area (Å²) in [7, 11) is 1.94. The Labute approximate surface area is 104 Å². The van der Waals surface area contributed by atoms with E-state index in [2.05, 4.69) is 10.3 Å². The van der Waals surface area contributed by atoms with E-state index in [4.69, 9.17) is 0 Å². The minimum Gasteiger partial charge on any atom is -0.357 e. The van der Waals surface area contributed by atoms with Gasteiger partial charge < -0.3 is 9.88 Å². The number of thiazole rings is 1. The van der Waals surface area contributed by atoms with Gasteiger partial charge in [0.05, 0.1) is 12.1 Å². The Morgan fingerprint density at radius 1 is 1.53 bits per heavy atom. The molecule has 0 unspecified atom stereocenters. The van der Waals surface area contributed by atoms with Gasteiger partial charge in [-0.05, 0) is 25.5 Å². The number of aromatic nitrogens is 2. The molecule has 1 amide bonds. The summed E-state index contributed by atoms with van der Waals surface area (Å²) >= 11 is 1.51. The molecule has 2 aromatic rings. The minimum absolute atomic E-state index is 0.0232. The second kappa shape index (κ2) is 4.71. The fourth-order valence-corrected chi connectivity index (χ4v) is 2.37. The maximum atomic E-state index is 11.8. The Morgan fingerprint density at radius 2 is 2.29 bits per heavy atom. The summed E-state index contributed by atoms with van der Waals surface area (Å²) in [5, 5.41) is 3.50. The molecule has 0 fully saturated rings. The molecule has 2 heterocycles. The molecule has 0 saturated carbocycles. The van der Waals surface area contributed by atoms with Crippen molar-refractivity contribution in [1.82, 2.24) is 9.55 Å². The van der Waals surface area contributed by atoms with Crippen LogP contribution in [-0.4, -0.2) is 15.5 Å². The average molecular weight is 249 g/mol. The number of carbonyl (C=O) groups excluding carboxylic acids is 1. The van der Waals surface area contributed by atoms with Crippen molar-refractivity contribution in [2.75, 3.05) is 5.32 Å². The molecule has 2 aromatic heterocycles. The lowest BCUT2D eigenvalue weighted by molar-refractivity contribution is -0.115. The van der Waals surface area contributed by atoms with Crippen molar-refractivity contribution < 1.29 is 4.79 Å². The summed E-state index contributed by atoms with van der Waals surface area (Å²) in [6, 6.07) is 1.94. The van der Waals surface area contributed by atoms with Gasteiger partial charge in [-0.15, -0.1) is 11.3 Å². The Bertz CT molecular complexity index is 522. The smallest absolute Gasteiger partial charge is 0.230 e. The number of anilines is 1. The van der Waals surface area contributed by atoms with Crippen molar-refractivity contribution in [3.8, 4) is 0 Å². The Hall–Kier alpha value is -1.62. The molecule has 0 aliphatic carbocycles. The van der Waals surface area contributed by atoms with E-state index in [1.807, 2.05) is 43.9 Å². The molecule has 2 rings (SSSR count). The van der Waals surface area contributed by atoms with Crippen LogP contribution in [0, 0.1) is 13.8 Å². The summed E-state index contributed by atoms with van der Waals surface area (Å²) in [6.07, 6.45) is 4.26. The highest BCUT2D eigenvalue weighted by Gasteiger charge is 2.08. The highest BCUT2D eigenvalue weighted by atomic mass is 32.1. The first kappa shape index (κ1) is 11.9. The third-order valence-corrected chi connectivity index (χ3v) is 3.52. The van der Waals surface area contributed by atoms with Crippen LogP contribution in [0.2, 0.25) is 0 Å². The van der Waals surface area contributed by atoms with E-state index in [0.717, 1.165) is 16.1 Å². The van der Waals surface area contributed by atoms with E-state index in [0.29, 0.717) is 11.6 Å². The van der Waals surface area contributed by atoms with E-state index < -0.39 is 0 Å². The first-order chi connectivity index (χ1) is 8.04. The fourth-order valence-electron chi connectivity index (χ4n) is 1.54. The summed E-state index contributed by atoms with van der Waals surface area (Å²) in [6.45, 7) is 3.94. The molecule has 0 saturated heterocycles. The van der Waals surface area contributed by atoms with Crippen LogP contribution in [0.15, 0.2) is 18.5 Å². The predicted octanol–water partition coefficient (Wildman–Crippen LogP) is 2.28. The fraction of sp³-hybridized carbons (Fsp3) is 0.333. The molecule has 0 radical (unpaired) electrons. The highest BCUT2D eigenvalue weighted by Crippen LogP contribution is 2.21. The molecular weight excluding hydrogens is 234 g/mol. The van der Waals surface area contributed by atoms with Crippen molar-refractivity contribution >= 4 is 22.4 Å². The maximum Gasteiger partial charge on any atom is 0.230 e. The third-order valence-electron chi connectivity index (χ3n) is 2.53. The number of nitrogens with zero attached hydrogens (tertiary/aromatic N) is 2. The monoisotopic (exact) mass is 249 g/mol. The summed E-state index contributed by atoms with van der Waals surface area (Å²) in [4.78, 5) is 17.2. The van der Waals surface area contributed by atoms with Gasteiger partial charge in [-0.1, -0.05) is 0 Å². The SMILES string of the molecule is Cc1nc(NC(=O)Cc2ccn(C)c2)sc1C. The van der Waals surface area contributed by atoms with E-state index in [9.17, 15) is 4.79 Å². The number of hydrogen-bond acceptors (Lipinski definition) is 3. The van der Waals surface area contributed by atoms with Crippen LogP contribution >= 0.6 is 11.3 Å². The molecule has 0 aliphatic rings. The summed E-state index contributed by atoms with van der Waals surface area (Å²) in [5.41, 5.74) is 1.99. The van der Waals surface area contributed by atoms with Crippen LogP contribution < -0.4 is 5.32 Å². The highest BCUT2D eigenvalue weighted by molar-refractivity contribution is 7.15. The Kier molecular flexibility index (Phi) is 3.28. The quantitative estimate of drug-likeness (QED) is 0.907. The minimum atomic E-state index is -0.0232. The number of rotatable bonds is 3. The van der Waals surface area contributed by atoms with Crippen LogP contribution in [0.1, 0.15) is 16.1 Å². The van der Waals surface area contributed by atoms with Crippen LogP contribution in [0.3, 0.4) is 0 Å². The normalized spacial score (nSPS) is 10.5.